The van der Waals surface area contributed by atoms with Gasteiger partial charge in [-0.25, -0.2) is 0 Å². The fourth-order valence-corrected chi connectivity index (χ4v) is 11.5. The summed E-state index contributed by atoms with van der Waals surface area (Å²) in [6, 6.07) is 65.8. The van der Waals surface area contributed by atoms with E-state index < -0.39 is 0 Å². The normalized spacial score (nSPS) is 14.4. The summed E-state index contributed by atoms with van der Waals surface area (Å²) >= 11 is 0. The number of nitrogens with zero attached hydrogens (tertiary/aromatic N) is 1. The molecule has 0 bridgehead atoms. The molecule has 67 heavy (non-hydrogen) atoms. The molecule has 3 aliphatic carbocycles. The number of anilines is 3. The van der Waals surface area contributed by atoms with Gasteiger partial charge in [-0.15, -0.1) is 0 Å². The Hall–Kier alpha value is -8.60. The van der Waals surface area contributed by atoms with Crippen molar-refractivity contribution in [1.82, 2.24) is 0 Å². The second kappa shape index (κ2) is 14.0. The van der Waals surface area contributed by atoms with E-state index in [1.807, 2.05) is 18.2 Å². The first kappa shape index (κ1) is 36.7. The van der Waals surface area contributed by atoms with Crippen LogP contribution in [-0.4, -0.2) is 0 Å². The van der Waals surface area contributed by atoms with Crippen LogP contribution in [-0.2, 0) is 19.3 Å². The maximum absolute atomic E-state index is 6.59. The van der Waals surface area contributed by atoms with Gasteiger partial charge in [0, 0.05) is 50.4 Å². The zero-order valence-corrected chi connectivity index (χ0v) is 36.3. The fraction of sp³-hybridized carbons (Fsp3) is 0.0476. The molecule has 0 aromatic heterocycles. The van der Waals surface area contributed by atoms with Crippen molar-refractivity contribution in [2.45, 2.75) is 19.3 Å². The lowest BCUT2D eigenvalue weighted by atomic mass is 9.80. The molecule has 15 rings (SSSR count). The summed E-state index contributed by atoms with van der Waals surface area (Å²) in [5, 5.41) is 0. The Morgan fingerprint density at radius 3 is 0.940 bits per heavy atom. The molecule has 3 aliphatic heterocycles. The van der Waals surface area contributed by atoms with Crippen LogP contribution in [0.4, 0.5) is 17.1 Å². The van der Waals surface area contributed by atoms with E-state index in [2.05, 4.69) is 187 Å². The summed E-state index contributed by atoms with van der Waals surface area (Å²) in [5.74, 6) is 5.38. The predicted octanol–water partition coefficient (Wildman–Crippen LogP) is 16.0. The summed E-state index contributed by atoms with van der Waals surface area (Å²) < 4.78 is 19.8. The molecule has 0 spiro atoms. The van der Waals surface area contributed by atoms with E-state index in [4.69, 9.17) is 14.2 Å². The first-order valence-electron chi connectivity index (χ1n) is 23.2. The monoisotopic (exact) mass is 857 g/mol. The van der Waals surface area contributed by atoms with Gasteiger partial charge in [0.1, 0.15) is 34.5 Å². The Morgan fingerprint density at radius 2 is 0.597 bits per heavy atom. The summed E-state index contributed by atoms with van der Waals surface area (Å²) in [6.45, 7) is 0. The average Bonchev–Trinajstić information content (AvgIpc) is 3.73. The van der Waals surface area contributed by atoms with Crippen molar-refractivity contribution in [2.75, 3.05) is 4.90 Å². The van der Waals surface area contributed by atoms with Crippen LogP contribution in [0.2, 0.25) is 0 Å². The summed E-state index contributed by atoms with van der Waals surface area (Å²) in [6.07, 6.45) is 9.36. The van der Waals surface area contributed by atoms with Crippen molar-refractivity contribution in [3.05, 3.63) is 265 Å². The zero-order chi connectivity index (χ0) is 43.7. The first-order chi connectivity index (χ1) is 33.1. The molecule has 6 aliphatic rings. The lowest BCUT2D eigenvalue weighted by Gasteiger charge is -2.32. The van der Waals surface area contributed by atoms with E-state index in [9.17, 15) is 0 Å². The van der Waals surface area contributed by atoms with Crippen molar-refractivity contribution >= 4 is 52.0 Å². The van der Waals surface area contributed by atoms with Crippen molar-refractivity contribution < 1.29 is 14.2 Å². The van der Waals surface area contributed by atoms with Gasteiger partial charge in [-0.1, -0.05) is 109 Å². The molecule has 0 radical (unpaired) electrons. The first-order valence-corrected chi connectivity index (χ1v) is 23.2. The number of para-hydroxylation sites is 3. The van der Waals surface area contributed by atoms with Gasteiger partial charge in [-0.3, -0.25) is 0 Å². The molecule has 4 heteroatoms. The molecule has 0 saturated heterocycles. The van der Waals surface area contributed by atoms with E-state index in [1.54, 1.807) is 0 Å². The zero-order valence-electron chi connectivity index (χ0n) is 36.3. The fourth-order valence-electron chi connectivity index (χ4n) is 11.5. The highest BCUT2D eigenvalue weighted by molar-refractivity contribution is 6.02. The summed E-state index contributed by atoms with van der Waals surface area (Å²) in [5.41, 5.74) is 25.2. The Labute approximate surface area is 388 Å². The number of hydrogen-bond acceptors (Lipinski definition) is 4. The quantitative estimate of drug-likeness (QED) is 0.177. The van der Waals surface area contributed by atoms with Crippen LogP contribution in [0, 0.1) is 0 Å². The molecule has 0 atom stereocenters. The van der Waals surface area contributed by atoms with Gasteiger partial charge < -0.3 is 19.1 Å². The highest BCUT2D eigenvalue weighted by atomic mass is 16.5. The van der Waals surface area contributed by atoms with Crippen LogP contribution in [0.3, 0.4) is 0 Å². The lowest BCUT2D eigenvalue weighted by Crippen LogP contribution is -2.15. The van der Waals surface area contributed by atoms with Crippen LogP contribution < -0.4 is 19.1 Å². The molecular weight excluding hydrogens is 819 g/mol. The van der Waals surface area contributed by atoms with Crippen LogP contribution in [0.1, 0.15) is 83.5 Å². The molecule has 0 fully saturated rings. The standard InChI is InChI=1S/C63H39NO3/c1-4-16-55-37(10-1)34-52-49-25-22-46(31-43(49)28-40-13-7-19-58(65-55)61(40)52)64(47-23-26-50-44(32-47)29-41-14-8-20-59-62(41)53(50)35-38-11-2-5-17-56(38)66-59)48-24-27-51-45(33-48)30-42-15-9-21-60-63(42)54(51)36-39-12-3-6-18-57(39)67-60/h1-27,31-36H,28-30H2. The van der Waals surface area contributed by atoms with Crippen LogP contribution >= 0.6 is 0 Å². The molecule has 0 amide bonds. The maximum Gasteiger partial charge on any atom is 0.135 e. The largest absolute Gasteiger partial charge is 0.456 e. The molecule has 0 saturated carbocycles. The number of rotatable bonds is 3. The minimum absolute atomic E-state index is 0.805. The smallest absolute Gasteiger partial charge is 0.135 e. The van der Waals surface area contributed by atoms with E-state index in [0.29, 0.717) is 0 Å². The Morgan fingerprint density at radius 1 is 0.284 bits per heavy atom. The second-order valence-corrected chi connectivity index (χ2v) is 18.4. The summed E-state index contributed by atoms with van der Waals surface area (Å²) in [4.78, 5) is 2.48. The Balaban J connectivity index is 0.914. The minimum atomic E-state index is 0.805. The molecule has 314 valence electrons. The average molecular weight is 858 g/mol. The number of fused-ring (bicyclic) bond motifs is 9. The van der Waals surface area contributed by atoms with Gasteiger partial charge in [0.15, 0.2) is 0 Å². The van der Waals surface area contributed by atoms with Crippen molar-refractivity contribution in [3.63, 3.8) is 0 Å². The van der Waals surface area contributed by atoms with E-state index >= 15 is 0 Å². The number of benzene rings is 9. The van der Waals surface area contributed by atoms with Gasteiger partial charge in [-0.05, 0) is 177 Å². The van der Waals surface area contributed by atoms with E-state index in [1.165, 1.54) is 83.5 Å². The summed E-state index contributed by atoms with van der Waals surface area (Å²) in [7, 11) is 0. The topological polar surface area (TPSA) is 30.9 Å². The van der Waals surface area contributed by atoms with Crippen molar-refractivity contribution in [2.24, 2.45) is 0 Å². The molecule has 3 heterocycles. The Bertz CT molecular complexity index is 3380. The van der Waals surface area contributed by atoms with Crippen LogP contribution in [0.15, 0.2) is 182 Å². The number of ether oxygens (including phenoxy) is 3. The number of hydrogen-bond donors (Lipinski definition) is 0. The van der Waals surface area contributed by atoms with Gasteiger partial charge in [0.25, 0.3) is 0 Å². The third kappa shape index (κ3) is 5.60. The van der Waals surface area contributed by atoms with Gasteiger partial charge in [-0.2, -0.15) is 0 Å². The molecular formula is C63H39NO3. The Kier molecular flexibility index (Phi) is 7.64. The van der Waals surface area contributed by atoms with Gasteiger partial charge >= 0.3 is 0 Å². The van der Waals surface area contributed by atoms with Gasteiger partial charge in [0.2, 0.25) is 0 Å². The lowest BCUT2D eigenvalue weighted by molar-refractivity contribution is 0.480. The second-order valence-electron chi connectivity index (χ2n) is 18.4. The molecule has 9 aromatic rings. The molecule has 0 unspecified atom stereocenters. The highest BCUT2D eigenvalue weighted by Crippen LogP contribution is 2.52. The highest BCUT2D eigenvalue weighted by Gasteiger charge is 2.32. The van der Waals surface area contributed by atoms with E-state index in [-0.39, 0.29) is 0 Å². The predicted molar refractivity (Wildman–Crippen MR) is 269 cm³/mol. The molecule has 4 nitrogen and oxygen atoms in total. The third-order valence-electron chi connectivity index (χ3n) is 14.5. The van der Waals surface area contributed by atoms with E-state index in [0.717, 1.165) is 87.5 Å². The van der Waals surface area contributed by atoms with Crippen LogP contribution in [0.5, 0.6) is 34.5 Å². The SMILES string of the molecule is C1=C2c3ccc(N(c4ccc5c(c4)Cc4cccc6c4C5=Cc4ccccc4O6)c4ccc5c(c4)Cc4cccc6c4C5=Cc4ccccc4O6)cc3Cc3cccc(c32)Oc2ccccc21. The molecule has 9 aromatic carbocycles. The van der Waals surface area contributed by atoms with Crippen molar-refractivity contribution in [1.29, 1.82) is 0 Å². The van der Waals surface area contributed by atoms with Crippen LogP contribution in [0.25, 0.3) is 34.9 Å². The molecule has 0 N–H and O–H groups in total. The minimum Gasteiger partial charge on any atom is -0.456 e. The third-order valence-corrected chi connectivity index (χ3v) is 14.5. The maximum atomic E-state index is 6.59. The van der Waals surface area contributed by atoms with Crippen molar-refractivity contribution in [3.8, 4) is 34.5 Å². The van der Waals surface area contributed by atoms with Gasteiger partial charge in [0.05, 0.1) is 0 Å².